The minimum Gasteiger partial charge on any atom is -0.392 e. The molecule has 0 saturated carbocycles. The van der Waals surface area contributed by atoms with Gasteiger partial charge in [0.05, 0.1) is 0 Å². The van der Waals surface area contributed by atoms with Crippen molar-refractivity contribution in [3.8, 4) is 0 Å². The van der Waals surface area contributed by atoms with Crippen LogP contribution in [-0.2, 0) is 9.63 Å². The van der Waals surface area contributed by atoms with Gasteiger partial charge in [0, 0.05) is 5.38 Å². The highest BCUT2D eigenvalue weighted by molar-refractivity contribution is 7.13. The number of nitrogens with two attached hydrogens (primary N) is 2. The fourth-order valence-corrected chi connectivity index (χ4v) is 1.32. The molecule has 1 amide bonds. The van der Waals surface area contributed by atoms with Crippen molar-refractivity contribution in [3.05, 3.63) is 11.1 Å². The summed E-state index contributed by atoms with van der Waals surface area (Å²) in [5.74, 6) is -0.694. The fourth-order valence-electron chi connectivity index (χ4n) is 0.772. The van der Waals surface area contributed by atoms with Gasteiger partial charge in [0.15, 0.2) is 10.8 Å². The van der Waals surface area contributed by atoms with Crippen LogP contribution in [0, 0.1) is 0 Å². The molecular weight excluding hydrogens is 216 g/mol. The van der Waals surface area contributed by atoms with Gasteiger partial charge >= 0.3 is 0 Å². The van der Waals surface area contributed by atoms with Crippen LogP contribution in [0.3, 0.4) is 0 Å². The van der Waals surface area contributed by atoms with Crippen molar-refractivity contribution in [2.24, 2.45) is 10.9 Å². The third kappa shape index (κ3) is 3.21. The zero-order valence-corrected chi connectivity index (χ0v) is 9.25. The molecule has 1 rings (SSSR count). The topological polar surface area (TPSA) is 104 Å². The number of nitrogen functional groups attached to an aromatic ring is 1. The van der Waals surface area contributed by atoms with Crippen molar-refractivity contribution in [1.82, 2.24) is 4.98 Å². The summed E-state index contributed by atoms with van der Waals surface area (Å²) in [6.45, 7) is 3.58. The number of nitrogens with zero attached hydrogens (tertiary/aromatic N) is 2. The minimum absolute atomic E-state index is 0.0170. The van der Waals surface area contributed by atoms with Gasteiger partial charge in [-0.1, -0.05) is 5.16 Å². The minimum atomic E-state index is -0.694. The van der Waals surface area contributed by atoms with Crippen LogP contribution in [0.5, 0.6) is 0 Å². The molecule has 82 valence electrons. The van der Waals surface area contributed by atoms with Crippen LogP contribution >= 0.6 is 11.3 Å². The Bertz CT molecular complexity index is 386. The van der Waals surface area contributed by atoms with E-state index in [1.807, 2.05) is 0 Å². The highest BCUT2D eigenvalue weighted by Crippen LogP contribution is 2.12. The Morgan fingerprint density at radius 3 is 2.73 bits per heavy atom. The van der Waals surface area contributed by atoms with E-state index in [-0.39, 0.29) is 11.8 Å². The van der Waals surface area contributed by atoms with E-state index < -0.39 is 5.91 Å². The number of carbonyl (C=O) groups is 1. The smallest absolute Gasteiger partial charge is 0.273 e. The number of carbonyl (C=O) groups excluding carboxylic acids is 1. The predicted molar refractivity (Wildman–Crippen MR) is 58.5 cm³/mol. The zero-order chi connectivity index (χ0) is 11.4. The lowest BCUT2D eigenvalue weighted by Crippen LogP contribution is -2.25. The molecule has 0 aromatic carbocycles. The van der Waals surface area contributed by atoms with Crippen molar-refractivity contribution in [2.45, 2.75) is 20.0 Å². The Labute approximate surface area is 90.9 Å². The molecule has 7 heteroatoms. The number of rotatable bonds is 4. The normalized spacial score (nSPS) is 11.8. The Morgan fingerprint density at radius 2 is 2.33 bits per heavy atom. The average Bonchev–Trinajstić information content (AvgIpc) is 2.51. The van der Waals surface area contributed by atoms with Gasteiger partial charge in [0.25, 0.3) is 5.91 Å². The SMILES string of the molecule is CC(C)ON=C(C(N)=O)c1csc(N)n1. The molecule has 0 aliphatic carbocycles. The summed E-state index contributed by atoms with van der Waals surface area (Å²) in [5, 5.41) is 5.59. The number of aromatic nitrogens is 1. The van der Waals surface area contributed by atoms with Crippen molar-refractivity contribution in [1.29, 1.82) is 0 Å². The van der Waals surface area contributed by atoms with E-state index in [0.717, 1.165) is 0 Å². The van der Waals surface area contributed by atoms with Crippen LogP contribution in [0.2, 0.25) is 0 Å². The van der Waals surface area contributed by atoms with Crippen LogP contribution in [-0.4, -0.2) is 22.7 Å². The van der Waals surface area contributed by atoms with Gasteiger partial charge in [-0.05, 0) is 13.8 Å². The molecule has 1 heterocycles. The van der Waals surface area contributed by atoms with Gasteiger partial charge in [0.1, 0.15) is 11.8 Å². The van der Waals surface area contributed by atoms with Crippen LogP contribution in [0.25, 0.3) is 0 Å². The summed E-state index contributed by atoms with van der Waals surface area (Å²) in [5.41, 5.74) is 10.9. The third-order valence-corrected chi connectivity index (χ3v) is 2.03. The highest BCUT2D eigenvalue weighted by Gasteiger charge is 2.15. The molecule has 0 spiro atoms. The van der Waals surface area contributed by atoms with E-state index in [0.29, 0.717) is 10.8 Å². The number of thiazole rings is 1. The van der Waals surface area contributed by atoms with E-state index in [9.17, 15) is 4.79 Å². The molecule has 1 aromatic rings. The molecule has 0 unspecified atom stereocenters. The predicted octanol–water partition coefficient (Wildman–Crippen LogP) is 0.340. The van der Waals surface area contributed by atoms with Gasteiger partial charge in [-0.3, -0.25) is 4.79 Å². The van der Waals surface area contributed by atoms with Gasteiger partial charge in [-0.25, -0.2) is 4.98 Å². The second-order valence-electron chi connectivity index (χ2n) is 3.03. The van der Waals surface area contributed by atoms with Gasteiger partial charge in [-0.15, -0.1) is 11.3 Å². The van der Waals surface area contributed by atoms with E-state index in [1.165, 1.54) is 11.3 Å². The number of hydrogen-bond donors (Lipinski definition) is 2. The lowest BCUT2D eigenvalue weighted by Gasteiger charge is -2.03. The summed E-state index contributed by atoms with van der Waals surface area (Å²) in [6, 6.07) is 0. The van der Waals surface area contributed by atoms with Crippen molar-refractivity contribution >= 4 is 28.1 Å². The summed E-state index contributed by atoms with van der Waals surface area (Å²) in [6.07, 6.45) is -0.129. The first-order chi connectivity index (χ1) is 7.00. The Morgan fingerprint density at radius 1 is 1.67 bits per heavy atom. The molecule has 4 N–H and O–H groups in total. The van der Waals surface area contributed by atoms with Crippen LogP contribution in [0.1, 0.15) is 19.5 Å². The number of hydrogen-bond acceptors (Lipinski definition) is 6. The van der Waals surface area contributed by atoms with Crippen molar-refractivity contribution in [2.75, 3.05) is 5.73 Å². The zero-order valence-electron chi connectivity index (χ0n) is 8.43. The standard InChI is InChI=1S/C8H12N4O2S/c1-4(2)14-12-6(7(9)13)5-3-15-8(10)11-5/h3-4H,1-2H3,(H2,9,13)(H2,10,11). The molecule has 0 atom stereocenters. The number of oxime groups is 1. The van der Waals surface area contributed by atoms with Crippen LogP contribution in [0.4, 0.5) is 5.13 Å². The monoisotopic (exact) mass is 228 g/mol. The molecule has 0 aliphatic heterocycles. The van der Waals surface area contributed by atoms with Crippen LogP contribution in [0.15, 0.2) is 10.5 Å². The maximum atomic E-state index is 11.1. The second-order valence-corrected chi connectivity index (χ2v) is 3.92. The third-order valence-electron chi connectivity index (χ3n) is 1.35. The van der Waals surface area contributed by atoms with Gasteiger partial charge in [-0.2, -0.15) is 0 Å². The van der Waals surface area contributed by atoms with E-state index in [4.69, 9.17) is 16.3 Å². The van der Waals surface area contributed by atoms with E-state index in [1.54, 1.807) is 19.2 Å². The molecule has 0 saturated heterocycles. The lowest BCUT2D eigenvalue weighted by molar-refractivity contribution is -0.112. The van der Waals surface area contributed by atoms with E-state index in [2.05, 4.69) is 10.1 Å². The molecule has 0 aliphatic rings. The maximum absolute atomic E-state index is 11.1. The Hall–Kier alpha value is -1.63. The quantitative estimate of drug-likeness (QED) is 0.572. The van der Waals surface area contributed by atoms with Crippen molar-refractivity contribution < 1.29 is 9.63 Å². The number of primary amides is 1. The molecule has 15 heavy (non-hydrogen) atoms. The van der Waals surface area contributed by atoms with E-state index >= 15 is 0 Å². The number of anilines is 1. The first kappa shape index (κ1) is 11.4. The fraction of sp³-hybridized carbons (Fsp3) is 0.375. The summed E-state index contributed by atoms with van der Waals surface area (Å²) in [4.78, 5) is 19.9. The first-order valence-electron chi connectivity index (χ1n) is 4.25. The molecular formula is C8H12N4O2S. The molecule has 1 aromatic heterocycles. The molecule has 0 fully saturated rings. The van der Waals surface area contributed by atoms with Crippen molar-refractivity contribution in [3.63, 3.8) is 0 Å². The summed E-state index contributed by atoms with van der Waals surface area (Å²) in [7, 11) is 0. The van der Waals surface area contributed by atoms with Crippen LogP contribution < -0.4 is 11.5 Å². The molecule has 6 nitrogen and oxygen atoms in total. The van der Waals surface area contributed by atoms with Gasteiger partial charge < -0.3 is 16.3 Å². The summed E-state index contributed by atoms with van der Waals surface area (Å²) < 4.78 is 0. The first-order valence-corrected chi connectivity index (χ1v) is 5.13. The molecule has 0 radical (unpaired) electrons. The largest absolute Gasteiger partial charge is 0.392 e. The lowest BCUT2D eigenvalue weighted by atomic mass is 10.3. The second kappa shape index (κ2) is 4.74. The maximum Gasteiger partial charge on any atom is 0.273 e. The number of amides is 1. The highest BCUT2D eigenvalue weighted by atomic mass is 32.1. The Kier molecular flexibility index (Phi) is 3.62. The average molecular weight is 228 g/mol. The summed E-state index contributed by atoms with van der Waals surface area (Å²) >= 11 is 1.21. The molecule has 0 bridgehead atoms. The van der Waals surface area contributed by atoms with Gasteiger partial charge in [0.2, 0.25) is 0 Å². The Balaban J connectivity index is 2.93.